The van der Waals surface area contributed by atoms with Crippen molar-refractivity contribution in [2.24, 2.45) is 0 Å². The number of hydrogen-bond acceptors (Lipinski definition) is 3. The molecule has 2 aromatic heterocycles. The van der Waals surface area contributed by atoms with Crippen molar-refractivity contribution in [1.29, 1.82) is 0 Å². The fraction of sp³-hybridized carbons (Fsp3) is 0.462. The highest BCUT2D eigenvalue weighted by Crippen LogP contribution is 2.19. The van der Waals surface area contributed by atoms with Crippen LogP contribution in [0.15, 0.2) is 22.7 Å². The van der Waals surface area contributed by atoms with Gasteiger partial charge in [-0.3, -0.25) is 0 Å². The molecule has 0 saturated carbocycles. The lowest BCUT2D eigenvalue weighted by molar-refractivity contribution is 0.546. The third-order valence-electron chi connectivity index (χ3n) is 2.55. The Morgan fingerprint density at radius 2 is 2.24 bits per heavy atom. The quantitative estimate of drug-likeness (QED) is 0.834. The highest BCUT2D eigenvalue weighted by atomic mass is 16.3. The van der Waals surface area contributed by atoms with E-state index in [2.05, 4.69) is 29.1 Å². The van der Waals surface area contributed by atoms with Crippen LogP contribution in [-0.2, 0) is 6.42 Å². The van der Waals surface area contributed by atoms with Crippen molar-refractivity contribution in [2.75, 3.05) is 6.54 Å². The molecule has 4 heteroatoms. The number of aromatic nitrogens is 2. The summed E-state index contributed by atoms with van der Waals surface area (Å²) in [6.45, 7) is 7.15. The molecule has 0 fully saturated rings. The Hall–Kier alpha value is -1.55. The van der Waals surface area contributed by atoms with Crippen LogP contribution in [0.5, 0.6) is 0 Å². The number of aromatic amines is 1. The van der Waals surface area contributed by atoms with Crippen LogP contribution in [0.4, 0.5) is 0 Å². The minimum absolute atomic E-state index is 0.511. The smallest absolute Gasteiger partial charge is 0.152 e. The molecular weight excluding hydrogens is 214 g/mol. The maximum Gasteiger partial charge on any atom is 0.152 e. The predicted octanol–water partition coefficient (Wildman–Crippen LogP) is 2.52. The third-order valence-corrected chi connectivity index (χ3v) is 2.55. The van der Waals surface area contributed by atoms with E-state index in [1.165, 1.54) is 0 Å². The number of rotatable bonds is 5. The van der Waals surface area contributed by atoms with Gasteiger partial charge in [-0.25, -0.2) is 4.98 Å². The standard InChI is InChI=1S/C13H19N3O/c1-9(2)14-7-6-13-15-8-11(16-13)12-5-4-10(3)17-12/h4-5,8-9,14H,6-7H2,1-3H3,(H,15,16). The Labute approximate surface area is 101 Å². The van der Waals surface area contributed by atoms with Crippen LogP contribution >= 0.6 is 0 Å². The minimum Gasteiger partial charge on any atom is -0.460 e. The van der Waals surface area contributed by atoms with Gasteiger partial charge in [0.2, 0.25) is 0 Å². The van der Waals surface area contributed by atoms with E-state index in [1.807, 2.05) is 25.3 Å². The Kier molecular flexibility index (Phi) is 3.64. The number of H-pyrrole nitrogens is 1. The topological polar surface area (TPSA) is 53.9 Å². The van der Waals surface area contributed by atoms with Crippen LogP contribution in [0.3, 0.4) is 0 Å². The highest BCUT2D eigenvalue weighted by molar-refractivity contribution is 5.51. The van der Waals surface area contributed by atoms with Crippen molar-refractivity contribution in [2.45, 2.75) is 33.2 Å². The second kappa shape index (κ2) is 5.19. The van der Waals surface area contributed by atoms with Gasteiger partial charge in [0.25, 0.3) is 0 Å². The fourth-order valence-electron chi connectivity index (χ4n) is 1.67. The average molecular weight is 233 g/mol. The van der Waals surface area contributed by atoms with Crippen LogP contribution in [0.25, 0.3) is 11.5 Å². The van der Waals surface area contributed by atoms with E-state index in [4.69, 9.17) is 4.42 Å². The van der Waals surface area contributed by atoms with Crippen LogP contribution in [0.1, 0.15) is 25.4 Å². The summed E-state index contributed by atoms with van der Waals surface area (Å²) in [5.41, 5.74) is 0.942. The highest BCUT2D eigenvalue weighted by Gasteiger charge is 2.06. The Balaban J connectivity index is 1.96. The predicted molar refractivity (Wildman–Crippen MR) is 67.9 cm³/mol. The Bertz CT molecular complexity index is 470. The van der Waals surface area contributed by atoms with Crippen molar-refractivity contribution < 1.29 is 4.42 Å². The van der Waals surface area contributed by atoms with Gasteiger partial charge in [-0.15, -0.1) is 0 Å². The summed E-state index contributed by atoms with van der Waals surface area (Å²) >= 11 is 0. The van der Waals surface area contributed by atoms with Crippen molar-refractivity contribution in [3.05, 3.63) is 29.9 Å². The number of hydrogen-bond donors (Lipinski definition) is 2. The zero-order valence-corrected chi connectivity index (χ0v) is 10.6. The summed E-state index contributed by atoms with van der Waals surface area (Å²) in [7, 11) is 0. The fourth-order valence-corrected chi connectivity index (χ4v) is 1.67. The largest absolute Gasteiger partial charge is 0.460 e. The molecule has 17 heavy (non-hydrogen) atoms. The van der Waals surface area contributed by atoms with Gasteiger partial charge < -0.3 is 14.7 Å². The summed E-state index contributed by atoms with van der Waals surface area (Å²) in [6, 6.07) is 4.42. The molecule has 2 N–H and O–H groups in total. The zero-order chi connectivity index (χ0) is 12.3. The van der Waals surface area contributed by atoms with Gasteiger partial charge in [0.1, 0.15) is 17.3 Å². The molecule has 4 nitrogen and oxygen atoms in total. The van der Waals surface area contributed by atoms with Crippen LogP contribution in [0.2, 0.25) is 0 Å². The second-order valence-corrected chi connectivity index (χ2v) is 4.51. The van der Waals surface area contributed by atoms with E-state index in [0.717, 1.165) is 36.0 Å². The molecule has 0 amide bonds. The maximum absolute atomic E-state index is 5.54. The maximum atomic E-state index is 5.54. The van der Waals surface area contributed by atoms with E-state index in [0.29, 0.717) is 6.04 Å². The van der Waals surface area contributed by atoms with E-state index < -0.39 is 0 Å². The molecule has 2 aromatic rings. The first kappa shape index (κ1) is 11.9. The Morgan fingerprint density at radius 1 is 1.41 bits per heavy atom. The van der Waals surface area contributed by atoms with Crippen molar-refractivity contribution in [3.63, 3.8) is 0 Å². The van der Waals surface area contributed by atoms with Gasteiger partial charge in [-0.2, -0.15) is 0 Å². The molecule has 0 unspecified atom stereocenters. The first-order chi connectivity index (χ1) is 8.15. The molecule has 0 aliphatic rings. The van der Waals surface area contributed by atoms with Gasteiger partial charge >= 0.3 is 0 Å². The lowest BCUT2D eigenvalue weighted by Gasteiger charge is -2.05. The molecule has 2 heterocycles. The van der Waals surface area contributed by atoms with Gasteiger partial charge in [0, 0.05) is 19.0 Å². The second-order valence-electron chi connectivity index (χ2n) is 4.51. The summed E-state index contributed by atoms with van der Waals surface area (Å²) in [4.78, 5) is 7.61. The SMILES string of the molecule is Cc1ccc(-c2cnc(CCNC(C)C)[nH]2)o1. The van der Waals surface area contributed by atoms with Crippen LogP contribution in [-0.4, -0.2) is 22.6 Å². The van der Waals surface area contributed by atoms with Gasteiger partial charge in [0.05, 0.1) is 6.20 Å². The third kappa shape index (κ3) is 3.20. The van der Waals surface area contributed by atoms with E-state index in [9.17, 15) is 0 Å². The van der Waals surface area contributed by atoms with Crippen molar-refractivity contribution in [3.8, 4) is 11.5 Å². The van der Waals surface area contributed by atoms with Gasteiger partial charge in [-0.1, -0.05) is 13.8 Å². The average Bonchev–Trinajstić information content (AvgIpc) is 2.86. The summed E-state index contributed by atoms with van der Waals surface area (Å²) in [5.74, 6) is 2.75. The molecule has 2 rings (SSSR count). The van der Waals surface area contributed by atoms with Crippen molar-refractivity contribution >= 4 is 0 Å². The summed E-state index contributed by atoms with van der Waals surface area (Å²) in [5, 5.41) is 3.36. The number of aryl methyl sites for hydroxylation is 1. The normalized spacial score (nSPS) is 11.3. The summed E-state index contributed by atoms with van der Waals surface area (Å²) in [6.07, 6.45) is 2.72. The molecule has 0 aliphatic heterocycles. The minimum atomic E-state index is 0.511. The van der Waals surface area contributed by atoms with E-state index in [1.54, 1.807) is 0 Å². The number of nitrogens with one attached hydrogen (secondary N) is 2. The summed E-state index contributed by atoms with van der Waals surface area (Å²) < 4.78 is 5.54. The van der Waals surface area contributed by atoms with Gasteiger partial charge in [0.15, 0.2) is 5.76 Å². The lowest BCUT2D eigenvalue weighted by Crippen LogP contribution is -2.25. The van der Waals surface area contributed by atoms with Crippen LogP contribution < -0.4 is 5.32 Å². The van der Waals surface area contributed by atoms with E-state index >= 15 is 0 Å². The molecule has 0 bridgehead atoms. The molecule has 0 radical (unpaired) electrons. The molecule has 0 aliphatic carbocycles. The van der Waals surface area contributed by atoms with Gasteiger partial charge in [-0.05, 0) is 19.1 Å². The molecule has 0 aromatic carbocycles. The molecular formula is C13H19N3O. The number of nitrogens with zero attached hydrogens (tertiary/aromatic N) is 1. The number of furan rings is 1. The van der Waals surface area contributed by atoms with Crippen LogP contribution in [0, 0.1) is 6.92 Å². The first-order valence-electron chi connectivity index (χ1n) is 5.99. The van der Waals surface area contributed by atoms with Crippen molar-refractivity contribution in [1.82, 2.24) is 15.3 Å². The molecule has 0 spiro atoms. The number of imidazole rings is 1. The monoisotopic (exact) mass is 233 g/mol. The molecule has 0 atom stereocenters. The first-order valence-corrected chi connectivity index (χ1v) is 5.99. The Morgan fingerprint density at radius 3 is 2.88 bits per heavy atom. The van der Waals surface area contributed by atoms with E-state index in [-0.39, 0.29) is 0 Å². The molecule has 92 valence electrons. The zero-order valence-electron chi connectivity index (χ0n) is 10.6. The lowest BCUT2D eigenvalue weighted by atomic mass is 10.3. The molecule has 0 saturated heterocycles.